The molecular weight excluding hydrogens is 318 g/mol. The van der Waals surface area contributed by atoms with Crippen LogP contribution in [0.15, 0.2) is 6.20 Å². The normalized spacial score (nSPS) is 11.0. The first kappa shape index (κ1) is 21.6. The Morgan fingerprint density at radius 1 is 1.08 bits per heavy atom. The Balaban J connectivity index is 1.96. The summed E-state index contributed by atoms with van der Waals surface area (Å²) in [4.78, 5) is 11.4. The van der Waals surface area contributed by atoms with E-state index in [1.807, 2.05) is 4.68 Å². The third kappa shape index (κ3) is 11.7. The number of aromatic nitrogens is 3. The van der Waals surface area contributed by atoms with E-state index in [0.29, 0.717) is 19.4 Å². The Morgan fingerprint density at radius 2 is 1.84 bits per heavy atom. The third-order valence-corrected chi connectivity index (χ3v) is 4.21. The quantitative estimate of drug-likeness (QED) is 0.362. The molecule has 0 saturated carbocycles. The van der Waals surface area contributed by atoms with Crippen LogP contribution < -0.4 is 0 Å². The second-order valence-corrected chi connectivity index (χ2v) is 6.60. The molecule has 0 aliphatic carbocycles. The number of carbonyl (C=O) groups excluding carboxylic acids is 1. The van der Waals surface area contributed by atoms with E-state index in [4.69, 9.17) is 9.84 Å². The summed E-state index contributed by atoms with van der Waals surface area (Å²) >= 11 is 0. The van der Waals surface area contributed by atoms with Crippen molar-refractivity contribution in [2.45, 2.75) is 90.5 Å². The summed E-state index contributed by atoms with van der Waals surface area (Å²) in [6.07, 6.45) is 14.5. The number of aryl methyl sites for hydroxylation is 2. The lowest BCUT2D eigenvalue weighted by Crippen LogP contribution is -2.06. The summed E-state index contributed by atoms with van der Waals surface area (Å²) < 4.78 is 6.95. The lowest BCUT2D eigenvalue weighted by atomic mass is 10.1. The molecule has 0 spiro atoms. The van der Waals surface area contributed by atoms with Crippen molar-refractivity contribution in [2.75, 3.05) is 13.2 Å². The minimum Gasteiger partial charge on any atom is -0.466 e. The molecule has 0 atom stereocenters. The summed E-state index contributed by atoms with van der Waals surface area (Å²) in [5, 5.41) is 17.0. The highest BCUT2D eigenvalue weighted by Gasteiger charge is 2.03. The van der Waals surface area contributed by atoms with Crippen molar-refractivity contribution in [2.24, 2.45) is 0 Å². The van der Waals surface area contributed by atoms with E-state index >= 15 is 0 Å². The first-order valence-electron chi connectivity index (χ1n) is 9.91. The summed E-state index contributed by atoms with van der Waals surface area (Å²) in [6, 6.07) is 0. The van der Waals surface area contributed by atoms with Gasteiger partial charge in [0.2, 0.25) is 0 Å². The maximum atomic E-state index is 11.4. The molecule has 1 aromatic heterocycles. The summed E-state index contributed by atoms with van der Waals surface area (Å²) in [5.74, 6) is -0.150. The predicted molar refractivity (Wildman–Crippen MR) is 98.2 cm³/mol. The highest BCUT2D eigenvalue weighted by molar-refractivity contribution is 5.69. The number of rotatable bonds is 16. The molecule has 0 unspecified atom stereocenters. The van der Waals surface area contributed by atoms with Crippen LogP contribution in [0.3, 0.4) is 0 Å². The highest BCUT2D eigenvalue weighted by atomic mass is 16.5. The number of hydrogen-bond donors (Lipinski definition) is 1. The number of esters is 1. The van der Waals surface area contributed by atoms with Gasteiger partial charge in [-0.15, -0.1) is 5.10 Å². The maximum absolute atomic E-state index is 11.4. The SMILES string of the molecule is CCCCCCc1cn(CCCCCCCC(=O)OCCCO)nn1. The molecular formula is C19H35N3O3. The van der Waals surface area contributed by atoms with Gasteiger partial charge in [-0.2, -0.15) is 0 Å². The van der Waals surface area contributed by atoms with Crippen molar-refractivity contribution in [3.05, 3.63) is 11.9 Å². The zero-order valence-electron chi connectivity index (χ0n) is 15.8. The first-order chi connectivity index (χ1) is 12.3. The topological polar surface area (TPSA) is 77.2 Å². The number of ether oxygens (including phenoxy) is 1. The molecule has 0 radical (unpaired) electrons. The van der Waals surface area contributed by atoms with Gasteiger partial charge in [-0.1, -0.05) is 50.7 Å². The average molecular weight is 354 g/mol. The van der Waals surface area contributed by atoms with E-state index in [9.17, 15) is 4.79 Å². The largest absolute Gasteiger partial charge is 0.466 e. The van der Waals surface area contributed by atoms with Gasteiger partial charge in [0, 0.05) is 32.2 Å². The zero-order valence-corrected chi connectivity index (χ0v) is 15.8. The van der Waals surface area contributed by atoms with Crippen LogP contribution in [0.4, 0.5) is 0 Å². The number of aliphatic hydroxyl groups excluding tert-OH is 1. The number of nitrogens with zero attached hydrogens (tertiary/aromatic N) is 3. The van der Waals surface area contributed by atoms with Gasteiger partial charge >= 0.3 is 5.97 Å². The third-order valence-electron chi connectivity index (χ3n) is 4.21. The molecule has 0 fully saturated rings. The Labute approximate surface area is 152 Å². The smallest absolute Gasteiger partial charge is 0.305 e. The minimum atomic E-state index is -0.150. The van der Waals surface area contributed by atoms with Gasteiger partial charge in [-0.05, 0) is 25.7 Å². The van der Waals surface area contributed by atoms with Crippen molar-refractivity contribution in [1.29, 1.82) is 0 Å². The Kier molecular flexibility index (Phi) is 12.9. The fraction of sp³-hybridized carbons (Fsp3) is 0.842. The van der Waals surface area contributed by atoms with E-state index in [1.54, 1.807) is 0 Å². The number of hydrogen-bond acceptors (Lipinski definition) is 5. The molecule has 1 rings (SSSR count). The first-order valence-corrected chi connectivity index (χ1v) is 9.91. The molecule has 6 heteroatoms. The maximum Gasteiger partial charge on any atom is 0.305 e. The molecule has 25 heavy (non-hydrogen) atoms. The lowest BCUT2D eigenvalue weighted by molar-refractivity contribution is -0.144. The molecule has 1 aromatic rings. The van der Waals surface area contributed by atoms with E-state index < -0.39 is 0 Å². The number of carbonyl (C=O) groups is 1. The lowest BCUT2D eigenvalue weighted by Gasteiger charge is -2.04. The van der Waals surface area contributed by atoms with Crippen LogP contribution in [0, 0.1) is 0 Å². The molecule has 6 nitrogen and oxygen atoms in total. The summed E-state index contributed by atoms with van der Waals surface area (Å²) in [5.41, 5.74) is 1.11. The second-order valence-electron chi connectivity index (χ2n) is 6.60. The fourth-order valence-electron chi connectivity index (χ4n) is 2.69. The Bertz CT molecular complexity index is 449. The van der Waals surface area contributed by atoms with Gasteiger partial charge in [0.1, 0.15) is 0 Å². The number of unbranched alkanes of at least 4 members (excludes halogenated alkanes) is 7. The van der Waals surface area contributed by atoms with E-state index in [2.05, 4.69) is 23.4 Å². The molecule has 1 N–H and O–H groups in total. The second kappa shape index (κ2) is 14.9. The highest BCUT2D eigenvalue weighted by Crippen LogP contribution is 2.08. The Hall–Kier alpha value is -1.43. The standard InChI is InChI=1S/C19H35N3O3/c1-2-3-4-8-12-18-17-22(21-20-18)14-10-7-5-6-9-13-19(24)25-16-11-15-23/h17,23H,2-16H2,1H3. The van der Waals surface area contributed by atoms with Crippen LogP contribution in [0.25, 0.3) is 0 Å². The van der Waals surface area contributed by atoms with Crippen molar-refractivity contribution in [3.63, 3.8) is 0 Å². The molecule has 0 bridgehead atoms. The van der Waals surface area contributed by atoms with Crippen LogP contribution in [-0.2, 0) is 22.5 Å². The van der Waals surface area contributed by atoms with E-state index in [1.165, 1.54) is 25.7 Å². The van der Waals surface area contributed by atoms with Gasteiger partial charge in [0.15, 0.2) is 0 Å². The summed E-state index contributed by atoms with van der Waals surface area (Å²) in [7, 11) is 0. The molecule has 0 amide bonds. The van der Waals surface area contributed by atoms with Crippen molar-refractivity contribution < 1.29 is 14.6 Å². The van der Waals surface area contributed by atoms with Gasteiger partial charge < -0.3 is 9.84 Å². The van der Waals surface area contributed by atoms with Crippen molar-refractivity contribution in [1.82, 2.24) is 15.0 Å². The molecule has 144 valence electrons. The van der Waals surface area contributed by atoms with Crippen molar-refractivity contribution in [3.8, 4) is 0 Å². The van der Waals surface area contributed by atoms with E-state index in [-0.39, 0.29) is 12.6 Å². The predicted octanol–water partition coefficient (Wildman–Crippen LogP) is 3.67. The molecule has 0 saturated heterocycles. The minimum absolute atomic E-state index is 0.0689. The van der Waals surface area contributed by atoms with Gasteiger partial charge in [0.25, 0.3) is 0 Å². The van der Waals surface area contributed by atoms with Gasteiger partial charge in [-0.3, -0.25) is 9.48 Å². The van der Waals surface area contributed by atoms with Crippen LogP contribution in [-0.4, -0.2) is 39.3 Å². The Morgan fingerprint density at radius 3 is 2.64 bits per heavy atom. The van der Waals surface area contributed by atoms with Crippen LogP contribution in [0.1, 0.15) is 83.2 Å². The van der Waals surface area contributed by atoms with Crippen molar-refractivity contribution >= 4 is 5.97 Å². The van der Waals surface area contributed by atoms with Crippen LogP contribution in [0.5, 0.6) is 0 Å². The number of aliphatic hydroxyl groups is 1. The fourth-order valence-corrected chi connectivity index (χ4v) is 2.69. The van der Waals surface area contributed by atoms with Crippen LogP contribution in [0.2, 0.25) is 0 Å². The molecule has 1 heterocycles. The zero-order chi connectivity index (χ0) is 18.2. The monoisotopic (exact) mass is 353 g/mol. The van der Waals surface area contributed by atoms with Gasteiger partial charge in [-0.25, -0.2) is 0 Å². The molecule has 0 aliphatic heterocycles. The molecule has 0 aliphatic rings. The van der Waals surface area contributed by atoms with E-state index in [0.717, 1.165) is 50.8 Å². The summed E-state index contributed by atoms with van der Waals surface area (Å²) in [6.45, 7) is 3.54. The average Bonchev–Trinajstić information content (AvgIpc) is 3.06. The van der Waals surface area contributed by atoms with Gasteiger partial charge in [0.05, 0.1) is 12.3 Å². The molecule has 0 aromatic carbocycles. The van der Waals surface area contributed by atoms with Crippen LogP contribution >= 0.6 is 0 Å².